The highest BCUT2D eigenvalue weighted by Gasteiger charge is 2.40. The van der Waals surface area contributed by atoms with Crippen LogP contribution in [0.2, 0.25) is 0 Å². The number of nitrogens with zero attached hydrogens (tertiary/aromatic N) is 1. The molecule has 0 aromatic carbocycles. The largest absolute Gasteiger partial charge is 0.393 e. The van der Waals surface area contributed by atoms with Crippen LogP contribution in [0.1, 0.15) is 33.1 Å². The number of aliphatic hydroxyl groups excluding tert-OH is 1. The summed E-state index contributed by atoms with van der Waals surface area (Å²) in [4.78, 5) is 14.4. The van der Waals surface area contributed by atoms with Crippen molar-refractivity contribution in [3.05, 3.63) is 0 Å². The van der Waals surface area contributed by atoms with Gasteiger partial charge in [-0.2, -0.15) is 0 Å². The van der Waals surface area contributed by atoms with Crippen LogP contribution in [0.25, 0.3) is 0 Å². The first kappa shape index (κ1) is 15.7. The Balaban J connectivity index is 0.00000162. The summed E-state index contributed by atoms with van der Waals surface area (Å²) in [6, 6.07) is 0. The first-order chi connectivity index (χ1) is 8.03. The summed E-state index contributed by atoms with van der Waals surface area (Å²) >= 11 is 0. The van der Waals surface area contributed by atoms with Crippen LogP contribution in [0, 0.1) is 11.3 Å². The molecule has 4 nitrogen and oxygen atoms in total. The third-order valence-corrected chi connectivity index (χ3v) is 4.39. The number of aliphatic hydroxyl groups is 1. The lowest BCUT2D eigenvalue weighted by molar-refractivity contribution is -0.142. The highest BCUT2D eigenvalue weighted by Crippen LogP contribution is 2.30. The smallest absolute Gasteiger partial charge is 0.229 e. The van der Waals surface area contributed by atoms with Crippen LogP contribution in [-0.4, -0.2) is 48.2 Å². The molecule has 0 aromatic rings. The van der Waals surface area contributed by atoms with Crippen LogP contribution in [0.5, 0.6) is 0 Å². The average molecular weight is 277 g/mol. The third kappa shape index (κ3) is 3.16. The normalized spacial score (nSPS) is 30.9. The van der Waals surface area contributed by atoms with Gasteiger partial charge in [0.1, 0.15) is 0 Å². The molecule has 2 aliphatic rings. The van der Waals surface area contributed by atoms with Crippen molar-refractivity contribution in [1.82, 2.24) is 10.2 Å². The van der Waals surface area contributed by atoms with Crippen molar-refractivity contribution in [1.29, 1.82) is 0 Å². The molecule has 2 atom stereocenters. The standard InChI is InChI=1S/C13H24N2O2.ClH/c1-10(16)11-3-7-15(8-4-11)12(17)13(2)5-6-14-9-13;/h10-11,14,16H,3-9H2,1-2H3;1H. The molecule has 2 fully saturated rings. The number of likely N-dealkylation sites (tertiary alicyclic amines) is 1. The number of nitrogens with one attached hydrogen (secondary N) is 1. The first-order valence-electron chi connectivity index (χ1n) is 6.71. The predicted octanol–water partition coefficient (Wildman–Crippen LogP) is 1.03. The first-order valence-corrected chi connectivity index (χ1v) is 6.71. The van der Waals surface area contributed by atoms with Gasteiger partial charge in [-0.25, -0.2) is 0 Å². The third-order valence-electron chi connectivity index (χ3n) is 4.39. The monoisotopic (exact) mass is 276 g/mol. The van der Waals surface area contributed by atoms with Crippen molar-refractivity contribution in [2.24, 2.45) is 11.3 Å². The van der Waals surface area contributed by atoms with E-state index in [1.54, 1.807) is 0 Å². The van der Waals surface area contributed by atoms with E-state index in [0.717, 1.165) is 45.4 Å². The molecule has 5 heteroatoms. The van der Waals surface area contributed by atoms with Crippen LogP contribution in [0.15, 0.2) is 0 Å². The van der Waals surface area contributed by atoms with Gasteiger partial charge >= 0.3 is 0 Å². The SMILES string of the molecule is CC(O)C1CCN(C(=O)C2(C)CCNC2)CC1.Cl. The fraction of sp³-hybridized carbons (Fsp3) is 0.923. The number of carbonyl (C=O) groups excluding carboxylic acids is 1. The number of hydrogen-bond donors (Lipinski definition) is 2. The summed E-state index contributed by atoms with van der Waals surface area (Å²) in [5.74, 6) is 0.667. The Morgan fingerprint density at radius 2 is 2.06 bits per heavy atom. The van der Waals surface area contributed by atoms with Crippen molar-refractivity contribution in [2.45, 2.75) is 39.2 Å². The van der Waals surface area contributed by atoms with Gasteiger partial charge in [0.15, 0.2) is 0 Å². The number of halogens is 1. The fourth-order valence-electron chi connectivity index (χ4n) is 2.97. The lowest BCUT2D eigenvalue weighted by atomic mass is 9.85. The molecule has 0 aromatic heterocycles. The van der Waals surface area contributed by atoms with Crippen LogP contribution < -0.4 is 5.32 Å². The second-order valence-corrected chi connectivity index (χ2v) is 5.86. The summed E-state index contributed by atoms with van der Waals surface area (Å²) in [5.41, 5.74) is -0.197. The van der Waals surface area contributed by atoms with Crippen LogP contribution >= 0.6 is 12.4 Å². The quantitative estimate of drug-likeness (QED) is 0.792. The van der Waals surface area contributed by atoms with Gasteiger partial charge in [0.05, 0.1) is 11.5 Å². The Kier molecular flexibility index (Phi) is 5.44. The number of piperidine rings is 1. The highest BCUT2D eigenvalue weighted by molar-refractivity contribution is 5.85. The fourth-order valence-corrected chi connectivity index (χ4v) is 2.97. The van der Waals surface area contributed by atoms with E-state index in [-0.39, 0.29) is 23.9 Å². The number of hydrogen-bond acceptors (Lipinski definition) is 3. The molecule has 0 saturated carbocycles. The molecule has 2 aliphatic heterocycles. The van der Waals surface area contributed by atoms with Crippen molar-refractivity contribution in [3.63, 3.8) is 0 Å². The molecule has 0 radical (unpaired) electrons. The van der Waals surface area contributed by atoms with Gasteiger partial charge < -0.3 is 15.3 Å². The van der Waals surface area contributed by atoms with E-state index >= 15 is 0 Å². The molecule has 2 heterocycles. The van der Waals surface area contributed by atoms with E-state index in [4.69, 9.17) is 0 Å². The van der Waals surface area contributed by atoms with E-state index in [1.807, 2.05) is 11.8 Å². The van der Waals surface area contributed by atoms with Gasteiger partial charge in [-0.15, -0.1) is 12.4 Å². The Morgan fingerprint density at radius 3 is 2.50 bits per heavy atom. The molecule has 2 rings (SSSR count). The number of amides is 1. The second-order valence-electron chi connectivity index (χ2n) is 5.86. The van der Waals surface area contributed by atoms with Gasteiger partial charge in [-0.05, 0) is 45.6 Å². The van der Waals surface area contributed by atoms with Gasteiger partial charge in [0.25, 0.3) is 0 Å². The Hall–Kier alpha value is -0.320. The average Bonchev–Trinajstić information content (AvgIpc) is 2.76. The van der Waals surface area contributed by atoms with Crippen molar-refractivity contribution >= 4 is 18.3 Å². The van der Waals surface area contributed by atoms with Crippen LogP contribution in [0.4, 0.5) is 0 Å². The molecule has 2 N–H and O–H groups in total. The van der Waals surface area contributed by atoms with Crippen LogP contribution in [0.3, 0.4) is 0 Å². The lowest BCUT2D eigenvalue weighted by Crippen LogP contribution is -2.48. The molecule has 0 bridgehead atoms. The minimum Gasteiger partial charge on any atom is -0.393 e. The number of carbonyl (C=O) groups is 1. The van der Waals surface area contributed by atoms with Gasteiger partial charge in [0.2, 0.25) is 5.91 Å². The summed E-state index contributed by atoms with van der Waals surface area (Å²) < 4.78 is 0. The zero-order valence-corrected chi connectivity index (χ0v) is 12.1. The van der Waals surface area contributed by atoms with Crippen molar-refractivity contribution < 1.29 is 9.90 Å². The van der Waals surface area contributed by atoms with E-state index in [9.17, 15) is 9.90 Å². The topological polar surface area (TPSA) is 52.6 Å². The van der Waals surface area contributed by atoms with E-state index in [2.05, 4.69) is 12.2 Å². The maximum atomic E-state index is 12.4. The minimum atomic E-state index is -0.240. The van der Waals surface area contributed by atoms with Crippen molar-refractivity contribution in [3.8, 4) is 0 Å². The van der Waals surface area contributed by atoms with Gasteiger partial charge in [-0.3, -0.25) is 4.79 Å². The predicted molar refractivity (Wildman–Crippen MR) is 73.8 cm³/mol. The lowest BCUT2D eigenvalue weighted by Gasteiger charge is -2.37. The summed E-state index contributed by atoms with van der Waals surface area (Å²) in [7, 11) is 0. The molecule has 2 saturated heterocycles. The molecule has 1 amide bonds. The zero-order chi connectivity index (χ0) is 12.5. The summed E-state index contributed by atoms with van der Waals surface area (Å²) in [5, 5.41) is 12.8. The van der Waals surface area contributed by atoms with Crippen molar-refractivity contribution in [2.75, 3.05) is 26.2 Å². The molecular formula is C13H25ClN2O2. The minimum absolute atomic E-state index is 0. The van der Waals surface area contributed by atoms with E-state index in [0.29, 0.717) is 11.8 Å². The Bertz CT molecular complexity index is 283. The highest BCUT2D eigenvalue weighted by atomic mass is 35.5. The Labute approximate surface area is 116 Å². The molecule has 0 spiro atoms. The molecule has 106 valence electrons. The zero-order valence-electron chi connectivity index (χ0n) is 11.3. The Morgan fingerprint density at radius 1 is 1.44 bits per heavy atom. The van der Waals surface area contributed by atoms with Gasteiger partial charge in [0, 0.05) is 19.6 Å². The summed E-state index contributed by atoms with van der Waals surface area (Å²) in [6.45, 7) is 7.29. The van der Waals surface area contributed by atoms with Gasteiger partial charge in [-0.1, -0.05) is 0 Å². The maximum Gasteiger partial charge on any atom is 0.229 e. The maximum absolute atomic E-state index is 12.4. The van der Waals surface area contributed by atoms with E-state index < -0.39 is 0 Å². The molecular weight excluding hydrogens is 252 g/mol. The number of rotatable bonds is 2. The summed E-state index contributed by atoms with van der Waals surface area (Å²) in [6.07, 6.45) is 2.58. The molecule has 2 unspecified atom stereocenters. The van der Waals surface area contributed by atoms with E-state index in [1.165, 1.54) is 0 Å². The molecule has 0 aliphatic carbocycles. The molecule has 18 heavy (non-hydrogen) atoms. The van der Waals surface area contributed by atoms with Crippen LogP contribution in [-0.2, 0) is 4.79 Å². The second kappa shape index (κ2) is 6.22.